The number of hydrogen-bond donors (Lipinski definition) is 1. The molecule has 34 heavy (non-hydrogen) atoms. The lowest BCUT2D eigenvalue weighted by Gasteiger charge is -2.21. The SMILES string of the molecule is COc1cccc(-n2c(=O)c3ccccc3n3c(SCC(=O)NCC4CCCCC4)nnc23)c1. The minimum Gasteiger partial charge on any atom is -0.497 e. The van der Waals surface area contributed by atoms with Gasteiger partial charge in [0.05, 0.1) is 29.5 Å². The smallest absolute Gasteiger partial charge is 0.267 e. The number of benzene rings is 2. The van der Waals surface area contributed by atoms with Gasteiger partial charge in [-0.25, -0.2) is 4.57 Å². The Morgan fingerprint density at radius 1 is 1.12 bits per heavy atom. The van der Waals surface area contributed by atoms with Crippen LogP contribution in [0.1, 0.15) is 32.1 Å². The Balaban J connectivity index is 1.47. The average molecular weight is 478 g/mol. The number of fused-ring (bicyclic) bond motifs is 3. The lowest BCUT2D eigenvalue weighted by Crippen LogP contribution is -2.31. The van der Waals surface area contributed by atoms with Gasteiger partial charge in [0.25, 0.3) is 5.56 Å². The zero-order valence-corrected chi connectivity index (χ0v) is 19.9. The van der Waals surface area contributed by atoms with Crippen molar-refractivity contribution in [3.63, 3.8) is 0 Å². The second-order valence-electron chi connectivity index (χ2n) is 8.57. The summed E-state index contributed by atoms with van der Waals surface area (Å²) in [6.07, 6.45) is 6.19. The van der Waals surface area contributed by atoms with E-state index >= 15 is 0 Å². The Kier molecular flexibility index (Phi) is 6.53. The number of rotatable bonds is 7. The summed E-state index contributed by atoms with van der Waals surface area (Å²) in [5, 5.41) is 12.9. The van der Waals surface area contributed by atoms with E-state index in [1.807, 2.05) is 40.8 Å². The van der Waals surface area contributed by atoms with Crippen molar-refractivity contribution in [2.75, 3.05) is 19.4 Å². The molecule has 4 aromatic rings. The Bertz CT molecular complexity index is 1390. The van der Waals surface area contributed by atoms with Crippen molar-refractivity contribution in [3.05, 3.63) is 58.9 Å². The molecule has 1 aliphatic rings. The molecule has 2 aromatic carbocycles. The summed E-state index contributed by atoms with van der Waals surface area (Å²) in [5.74, 6) is 1.83. The maximum absolute atomic E-state index is 13.4. The standard InChI is InChI=1S/C25H27N5O3S/c1-33-19-11-7-10-18(14-19)29-23(32)20-12-5-6-13-21(20)30-24(29)27-28-25(30)34-16-22(31)26-15-17-8-3-2-4-9-17/h5-7,10-14,17H,2-4,8-9,15-16H2,1H3,(H,26,31). The van der Waals surface area contributed by atoms with Crippen molar-refractivity contribution >= 4 is 34.3 Å². The Morgan fingerprint density at radius 2 is 1.94 bits per heavy atom. The maximum Gasteiger partial charge on any atom is 0.267 e. The van der Waals surface area contributed by atoms with Crippen LogP contribution in [0.25, 0.3) is 22.4 Å². The molecule has 2 heterocycles. The molecular formula is C25H27N5O3S. The summed E-state index contributed by atoms with van der Waals surface area (Å²) in [5.41, 5.74) is 1.15. The highest BCUT2D eigenvalue weighted by Gasteiger charge is 2.19. The molecule has 8 nitrogen and oxygen atoms in total. The highest BCUT2D eigenvalue weighted by atomic mass is 32.2. The van der Waals surface area contributed by atoms with E-state index in [1.165, 1.54) is 48.4 Å². The summed E-state index contributed by atoms with van der Waals surface area (Å²) in [6.45, 7) is 0.734. The number of aromatic nitrogens is 4. The van der Waals surface area contributed by atoms with Crippen LogP contribution < -0.4 is 15.6 Å². The Labute approximate surface area is 201 Å². The van der Waals surface area contributed by atoms with Crippen molar-refractivity contribution in [2.45, 2.75) is 37.3 Å². The lowest BCUT2D eigenvalue weighted by molar-refractivity contribution is -0.118. The van der Waals surface area contributed by atoms with Gasteiger partial charge in [-0.2, -0.15) is 0 Å². The first-order chi connectivity index (χ1) is 16.7. The quantitative estimate of drug-likeness (QED) is 0.407. The Hall–Kier alpha value is -3.33. The molecule has 5 rings (SSSR count). The van der Waals surface area contributed by atoms with E-state index in [0.29, 0.717) is 39.2 Å². The molecule has 2 aromatic heterocycles. The fourth-order valence-corrected chi connectivity index (χ4v) is 5.35. The highest BCUT2D eigenvalue weighted by Crippen LogP contribution is 2.25. The highest BCUT2D eigenvalue weighted by molar-refractivity contribution is 7.99. The summed E-state index contributed by atoms with van der Waals surface area (Å²) < 4.78 is 8.72. The largest absolute Gasteiger partial charge is 0.497 e. The molecule has 1 aliphatic carbocycles. The first-order valence-corrected chi connectivity index (χ1v) is 12.6. The van der Waals surface area contributed by atoms with E-state index in [-0.39, 0.29) is 17.2 Å². The number of nitrogens with one attached hydrogen (secondary N) is 1. The molecule has 0 aliphatic heterocycles. The number of nitrogens with zero attached hydrogens (tertiary/aromatic N) is 4. The summed E-state index contributed by atoms with van der Waals surface area (Å²) in [7, 11) is 1.59. The van der Waals surface area contributed by atoms with E-state index in [4.69, 9.17) is 4.74 Å². The predicted molar refractivity (Wildman–Crippen MR) is 133 cm³/mol. The van der Waals surface area contributed by atoms with E-state index in [1.54, 1.807) is 19.2 Å². The fraction of sp³-hybridized carbons (Fsp3) is 0.360. The van der Waals surface area contributed by atoms with Crippen LogP contribution in [0.3, 0.4) is 0 Å². The van der Waals surface area contributed by atoms with Crippen LogP contribution in [-0.2, 0) is 4.79 Å². The molecule has 176 valence electrons. The molecule has 1 saturated carbocycles. The van der Waals surface area contributed by atoms with Crippen LogP contribution in [0.2, 0.25) is 0 Å². The number of ether oxygens (including phenoxy) is 1. The minimum atomic E-state index is -0.189. The van der Waals surface area contributed by atoms with Gasteiger partial charge in [0, 0.05) is 12.6 Å². The average Bonchev–Trinajstić information content (AvgIpc) is 3.31. The van der Waals surface area contributed by atoms with Gasteiger partial charge in [0.1, 0.15) is 5.75 Å². The molecule has 0 spiro atoms. The number of carbonyl (C=O) groups is 1. The van der Waals surface area contributed by atoms with Crippen LogP contribution in [0, 0.1) is 5.92 Å². The second-order valence-corrected chi connectivity index (χ2v) is 9.52. The van der Waals surface area contributed by atoms with E-state index in [0.717, 1.165) is 6.54 Å². The van der Waals surface area contributed by atoms with E-state index < -0.39 is 0 Å². The monoisotopic (exact) mass is 477 g/mol. The number of thioether (sulfide) groups is 1. The second kappa shape index (κ2) is 9.89. The van der Waals surface area contributed by atoms with Gasteiger partial charge in [-0.3, -0.25) is 14.0 Å². The van der Waals surface area contributed by atoms with Crippen molar-refractivity contribution in [2.24, 2.45) is 5.92 Å². The summed E-state index contributed by atoms with van der Waals surface area (Å²) in [6, 6.07) is 14.6. The first-order valence-electron chi connectivity index (χ1n) is 11.6. The Morgan fingerprint density at radius 3 is 2.76 bits per heavy atom. The summed E-state index contributed by atoms with van der Waals surface area (Å²) >= 11 is 1.32. The summed E-state index contributed by atoms with van der Waals surface area (Å²) in [4.78, 5) is 26.0. The van der Waals surface area contributed by atoms with Crippen molar-refractivity contribution in [1.82, 2.24) is 24.5 Å². The zero-order valence-electron chi connectivity index (χ0n) is 19.1. The van der Waals surface area contributed by atoms with Crippen LogP contribution in [-0.4, -0.2) is 44.5 Å². The molecule has 0 radical (unpaired) electrons. The molecular weight excluding hydrogens is 450 g/mol. The number of amides is 1. The molecule has 0 bridgehead atoms. The minimum absolute atomic E-state index is 0.0160. The normalized spacial score (nSPS) is 14.5. The van der Waals surface area contributed by atoms with Gasteiger partial charge in [0.15, 0.2) is 5.16 Å². The predicted octanol–water partition coefficient (Wildman–Crippen LogP) is 3.83. The van der Waals surface area contributed by atoms with Crippen molar-refractivity contribution < 1.29 is 9.53 Å². The molecule has 0 atom stereocenters. The van der Waals surface area contributed by atoms with Gasteiger partial charge in [0.2, 0.25) is 11.7 Å². The van der Waals surface area contributed by atoms with Crippen molar-refractivity contribution in [3.8, 4) is 11.4 Å². The maximum atomic E-state index is 13.4. The third-order valence-corrected chi connectivity index (χ3v) is 7.28. The molecule has 1 fully saturated rings. The van der Waals surface area contributed by atoms with Gasteiger partial charge in [-0.05, 0) is 43.0 Å². The van der Waals surface area contributed by atoms with Crippen LogP contribution in [0.5, 0.6) is 5.75 Å². The zero-order chi connectivity index (χ0) is 23.5. The topological polar surface area (TPSA) is 90.5 Å². The molecule has 1 amide bonds. The number of carbonyl (C=O) groups excluding carboxylic acids is 1. The molecule has 1 N–H and O–H groups in total. The van der Waals surface area contributed by atoms with Gasteiger partial charge >= 0.3 is 0 Å². The van der Waals surface area contributed by atoms with Gasteiger partial charge in [-0.15, -0.1) is 10.2 Å². The van der Waals surface area contributed by atoms with Gasteiger partial charge in [-0.1, -0.05) is 49.2 Å². The van der Waals surface area contributed by atoms with E-state index in [9.17, 15) is 9.59 Å². The van der Waals surface area contributed by atoms with Crippen LogP contribution in [0.15, 0.2) is 58.5 Å². The molecule has 0 unspecified atom stereocenters. The third kappa shape index (κ3) is 4.40. The number of methoxy groups -OCH3 is 1. The number of hydrogen-bond acceptors (Lipinski definition) is 6. The third-order valence-electron chi connectivity index (χ3n) is 6.35. The van der Waals surface area contributed by atoms with Crippen LogP contribution >= 0.6 is 11.8 Å². The van der Waals surface area contributed by atoms with E-state index in [2.05, 4.69) is 15.5 Å². The lowest BCUT2D eigenvalue weighted by atomic mass is 9.89. The first kappa shape index (κ1) is 22.5. The molecule has 0 saturated heterocycles. The fourth-order valence-electron chi connectivity index (χ4n) is 4.59. The van der Waals surface area contributed by atoms with Gasteiger partial charge < -0.3 is 10.1 Å². The van der Waals surface area contributed by atoms with Crippen LogP contribution in [0.4, 0.5) is 0 Å². The van der Waals surface area contributed by atoms with Crippen molar-refractivity contribution in [1.29, 1.82) is 0 Å². The number of para-hydroxylation sites is 1. The molecule has 9 heteroatoms.